The lowest BCUT2D eigenvalue weighted by Gasteiger charge is -2.18. The Labute approximate surface area is 189 Å². The second kappa shape index (κ2) is 10.7. The first-order chi connectivity index (χ1) is 15.0. The maximum absolute atomic E-state index is 13.2. The molecule has 0 bridgehead atoms. The van der Waals surface area contributed by atoms with Crippen LogP contribution in [0.15, 0.2) is 29.1 Å². The van der Waals surface area contributed by atoms with E-state index in [0.717, 1.165) is 0 Å². The summed E-state index contributed by atoms with van der Waals surface area (Å²) in [6.07, 6.45) is 4.03. The summed E-state index contributed by atoms with van der Waals surface area (Å²) in [6.45, 7) is 10.4. The predicted octanol–water partition coefficient (Wildman–Crippen LogP) is 1.08. The van der Waals surface area contributed by atoms with Crippen molar-refractivity contribution in [1.29, 1.82) is 0 Å². The molecule has 0 saturated heterocycles. The van der Waals surface area contributed by atoms with E-state index in [1.165, 1.54) is 4.68 Å². The minimum Gasteiger partial charge on any atom is -0.505 e. The number of rotatable bonds is 8. The second-order valence-electron chi connectivity index (χ2n) is 8.45. The summed E-state index contributed by atoms with van der Waals surface area (Å²) in [5, 5.41) is 15.5. The number of benzene rings is 1. The van der Waals surface area contributed by atoms with E-state index >= 15 is 0 Å². The summed E-state index contributed by atoms with van der Waals surface area (Å²) in [6, 6.07) is 4.84. The Morgan fingerprint density at radius 3 is 2.66 bits per heavy atom. The predicted molar refractivity (Wildman–Crippen MR) is 129 cm³/mol. The number of amidine groups is 1. The monoisotopic (exact) mass is 462 g/mol. The van der Waals surface area contributed by atoms with E-state index in [1.54, 1.807) is 44.2 Å². The average molecular weight is 463 g/mol. The lowest BCUT2D eigenvalue weighted by molar-refractivity contribution is -0.352. The molecule has 0 aliphatic carbocycles. The Kier molecular flexibility index (Phi) is 8.55. The number of anilines is 1. The van der Waals surface area contributed by atoms with Gasteiger partial charge in [0.05, 0.1) is 11.9 Å². The van der Waals surface area contributed by atoms with Crippen molar-refractivity contribution >= 4 is 37.0 Å². The van der Waals surface area contributed by atoms with Gasteiger partial charge in [0.25, 0.3) is 11.4 Å². The molecule has 1 heterocycles. The number of hydrogen-bond acceptors (Lipinski definition) is 6. The van der Waals surface area contributed by atoms with Crippen LogP contribution in [-0.4, -0.2) is 32.2 Å². The third kappa shape index (κ3) is 6.38. The maximum Gasteiger partial charge on any atom is 0.287 e. The van der Waals surface area contributed by atoms with E-state index in [0.29, 0.717) is 36.3 Å². The molecular weight excluding hydrogens is 429 g/mol. The highest BCUT2D eigenvalue weighted by molar-refractivity contribution is 7.55. The molecular formula is C22H33N5O4P+. The number of aromatic hydroxyl groups is 1. The average Bonchev–Trinajstić information content (AvgIpc) is 2.70. The molecule has 0 spiro atoms. The molecule has 1 atom stereocenters. The van der Waals surface area contributed by atoms with Gasteiger partial charge in [-0.15, -0.1) is 0 Å². The summed E-state index contributed by atoms with van der Waals surface area (Å²) in [4.78, 5) is 26.5. The van der Waals surface area contributed by atoms with Crippen LogP contribution in [0.3, 0.4) is 0 Å². The third-order valence-corrected chi connectivity index (χ3v) is 5.86. The SMILES string of the molecule is C/C=C/c1nn(CCC(C)(C)C)c(=O)c(C(N)=[NH+]c2ccc(N)cc2P(O)OCC)c1O. The van der Waals surface area contributed by atoms with Crippen molar-refractivity contribution in [2.75, 3.05) is 12.3 Å². The van der Waals surface area contributed by atoms with Crippen LogP contribution in [0.25, 0.3) is 6.08 Å². The van der Waals surface area contributed by atoms with Crippen LogP contribution in [0.1, 0.15) is 52.3 Å². The quantitative estimate of drug-likeness (QED) is 0.170. The van der Waals surface area contributed by atoms with E-state index < -0.39 is 13.9 Å². The molecule has 10 heteroatoms. The Morgan fingerprint density at radius 2 is 2.06 bits per heavy atom. The van der Waals surface area contributed by atoms with Crippen molar-refractivity contribution in [2.45, 2.75) is 47.6 Å². The Balaban J connectivity index is 2.65. The van der Waals surface area contributed by atoms with Gasteiger partial charge in [-0.05, 0) is 50.0 Å². The van der Waals surface area contributed by atoms with Crippen molar-refractivity contribution in [3.8, 4) is 5.75 Å². The van der Waals surface area contributed by atoms with Crippen LogP contribution in [0.5, 0.6) is 5.75 Å². The molecule has 1 unspecified atom stereocenters. The van der Waals surface area contributed by atoms with Crippen LogP contribution in [0, 0.1) is 5.41 Å². The highest BCUT2D eigenvalue weighted by Crippen LogP contribution is 2.32. The van der Waals surface area contributed by atoms with Crippen molar-refractivity contribution < 1.29 is 19.5 Å². The molecule has 0 aliphatic rings. The normalized spacial score (nSPS) is 13.6. The summed E-state index contributed by atoms with van der Waals surface area (Å²) >= 11 is 0. The molecule has 9 nitrogen and oxygen atoms in total. The summed E-state index contributed by atoms with van der Waals surface area (Å²) < 4.78 is 6.65. The molecule has 0 aliphatic heterocycles. The van der Waals surface area contributed by atoms with Gasteiger partial charge in [0.1, 0.15) is 11.4 Å². The van der Waals surface area contributed by atoms with E-state index in [4.69, 9.17) is 16.0 Å². The zero-order valence-corrected chi connectivity index (χ0v) is 20.1. The maximum atomic E-state index is 13.2. The van der Waals surface area contributed by atoms with Gasteiger partial charge in [-0.25, -0.2) is 9.67 Å². The number of nitrogens with zero attached hydrogens (tertiary/aromatic N) is 2. The van der Waals surface area contributed by atoms with E-state index in [9.17, 15) is 14.8 Å². The molecule has 2 rings (SSSR count). The van der Waals surface area contributed by atoms with Gasteiger partial charge < -0.3 is 20.3 Å². The van der Waals surface area contributed by atoms with Gasteiger partial charge in [0.2, 0.25) is 8.38 Å². The smallest absolute Gasteiger partial charge is 0.287 e. The molecule has 174 valence electrons. The first-order valence-electron chi connectivity index (χ1n) is 10.4. The Bertz CT molecular complexity index is 1070. The number of nitrogens with two attached hydrogens (primary N) is 2. The molecule has 1 aromatic carbocycles. The Hall–Kier alpha value is -2.74. The summed E-state index contributed by atoms with van der Waals surface area (Å²) in [5.41, 5.74) is 12.6. The standard InChI is InChI=1S/C22H32N5O4P/c1-6-8-16-19(28)18(21(29)27(26-16)12-11-22(3,4)5)20(24)25-15-10-9-14(23)13-17(15)32(30)31-7-2/h6,8-10,13,28,30H,7,11-12,23H2,1-5H3,(H2,24,25)/p+1/b8-6+. The number of nitrogen functional groups attached to an aromatic ring is 2. The zero-order chi connectivity index (χ0) is 24.1. The molecule has 0 saturated carbocycles. The second-order valence-corrected chi connectivity index (χ2v) is 9.74. The third-order valence-electron chi connectivity index (χ3n) is 4.57. The van der Waals surface area contributed by atoms with Crippen molar-refractivity contribution in [3.63, 3.8) is 0 Å². The first-order valence-corrected chi connectivity index (χ1v) is 11.6. The first kappa shape index (κ1) is 25.5. The molecule has 2 aromatic rings. The van der Waals surface area contributed by atoms with Gasteiger partial charge in [-0.3, -0.25) is 10.5 Å². The van der Waals surface area contributed by atoms with Crippen molar-refractivity contribution in [3.05, 3.63) is 45.9 Å². The van der Waals surface area contributed by atoms with E-state index in [1.807, 2.05) is 0 Å². The van der Waals surface area contributed by atoms with E-state index in [2.05, 4.69) is 30.9 Å². The van der Waals surface area contributed by atoms with Crippen molar-refractivity contribution in [1.82, 2.24) is 9.78 Å². The minimum atomic E-state index is -1.95. The highest BCUT2D eigenvalue weighted by atomic mass is 31.2. The lowest BCUT2D eigenvalue weighted by Crippen LogP contribution is -2.72. The fraction of sp³-hybridized carbons (Fsp3) is 0.409. The largest absolute Gasteiger partial charge is 0.505 e. The minimum absolute atomic E-state index is 0.0100. The highest BCUT2D eigenvalue weighted by Gasteiger charge is 2.24. The van der Waals surface area contributed by atoms with Gasteiger partial charge in [-0.2, -0.15) is 5.10 Å². The van der Waals surface area contributed by atoms with Crippen LogP contribution in [0.2, 0.25) is 0 Å². The van der Waals surface area contributed by atoms with Gasteiger partial charge in [0.15, 0.2) is 11.3 Å². The lowest BCUT2D eigenvalue weighted by atomic mass is 9.92. The molecule has 32 heavy (non-hydrogen) atoms. The number of hydrogen-bond donors (Lipinski definition) is 5. The molecule has 0 amide bonds. The van der Waals surface area contributed by atoms with Gasteiger partial charge in [0, 0.05) is 12.2 Å². The molecule has 1 aromatic heterocycles. The fourth-order valence-corrected chi connectivity index (χ4v) is 3.88. The topological polar surface area (TPSA) is 151 Å². The zero-order valence-electron chi connectivity index (χ0n) is 19.2. The molecule has 0 fully saturated rings. The Morgan fingerprint density at radius 1 is 1.38 bits per heavy atom. The van der Waals surface area contributed by atoms with Gasteiger partial charge in [-0.1, -0.05) is 26.8 Å². The number of aromatic nitrogens is 2. The summed E-state index contributed by atoms with van der Waals surface area (Å²) in [7, 11) is -1.95. The number of allylic oxidation sites excluding steroid dienone is 1. The van der Waals surface area contributed by atoms with Gasteiger partial charge >= 0.3 is 0 Å². The molecule has 7 N–H and O–H groups in total. The van der Waals surface area contributed by atoms with Crippen LogP contribution >= 0.6 is 8.38 Å². The van der Waals surface area contributed by atoms with Crippen molar-refractivity contribution in [2.24, 2.45) is 11.1 Å². The number of nitrogens with one attached hydrogen (secondary N) is 1. The van der Waals surface area contributed by atoms with E-state index in [-0.39, 0.29) is 28.3 Å². The van der Waals surface area contributed by atoms with Crippen LogP contribution < -0.4 is 27.3 Å². The van der Waals surface area contributed by atoms with Crippen LogP contribution in [0.4, 0.5) is 11.4 Å². The van der Waals surface area contributed by atoms with Crippen LogP contribution in [-0.2, 0) is 11.1 Å². The fourth-order valence-electron chi connectivity index (χ4n) is 2.90. The number of aryl methyl sites for hydroxylation is 1. The molecule has 0 radical (unpaired) electrons. The summed E-state index contributed by atoms with van der Waals surface area (Å²) in [5.74, 6) is -0.394.